The molecule has 0 radical (unpaired) electrons. The third kappa shape index (κ3) is 4.11. The number of carboxylic acid groups (broad SMARTS) is 1. The van der Waals surface area contributed by atoms with E-state index in [1.165, 1.54) is 0 Å². The molecule has 5 nitrogen and oxygen atoms in total. The lowest BCUT2D eigenvalue weighted by molar-refractivity contribution is -0.144. The van der Waals surface area contributed by atoms with E-state index in [0.29, 0.717) is 29.2 Å². The van der Waals surface area contributed by atoms with Crippen LogP contribution in [0.5, 0.6) is 0 Å². The summed E-state index contributed by atoms with van der Waals surface area (Å²) in [5.74, 6) is -1.44. The van der Waals surface area contributed by atoms with Gasteiger partial charge in [-0.05, 0) is 37.0 Å². The lowest BCUT2D eigenvalue weighted by Crippen LogP contribution is -2.37. The van der Waals surface area contributed by atoms with Gasteiger partial charge in [0.15, 0.2) is 0 Å². The van der Waals surface area contributed by atoms with Crippen molar-refractivity contribution in [1.82, 2.24) is 5.32 Å². The van der Waals surface area contributed by atoms with Gasteiger partial charge in [-0.15, -0.1) is 0 Å². The van der Waals surface area contributed by atoms with Crippen LogP contribution in [0.3, 0.4) is 0 Å². The molecule has 0 bridgehead atoms. The van der Waals surface area contributed by atoms with Gasteiger partial charge >= 0.3 is 5.97 Å². The topological polar surface area (TPSA) is 92.4 Å². The van der Waals surface area contributed by atoms with Gasteiger partial charge in [0.1, 0.15) is 0 Å². The molecule has 2 rings (SSSR count). The smallest absolute Gasteiger partial charge is 0.306 e. The number of anilines is 1. The highest BCUT2D eigenvalue weighted by Crippen LogP contribution is 2.29. The number of halogens is 1. The predicted octanol–water partition coefficient (Wildman–Crippen LogP) is 2.54. The van der Waals surface area contributed by atoms with Crippen molar-refractivity contribution in [2.45, 2.75) is 25.7 Å². The Morgan fingerprint density at radius 1 is 1.29 bits per heavy atom. The molecule has 1 aliphatic carbocycles. The van der Waals surface area contributed by atoms with Crippen molar-refractivity contribution in [1.29, 1.82) is 0 Å². The molecule has 4 N–H and O–H groups in total. The molecule has 0 spiro atoms. The van der Waals surface area contributed by atoms with Crippen molar-refractivity contribution in [3.05, 3.63) is 28.8 Å². The molecule has 1 aromatic carbocycles. The van der Waals surface area contributed by atoms with Crippen molar-refractivity contribution < 1.29 is 14.7 Å². The number of carboxylic acids is 1. The van der Waals surface area contributed by atoms with E-state index < -0.39 is 5.97 Å². The minimum atomic E-state index is -0.777. The summed E-state index contributed by atoms with van der Waals surface area (Å²) in [6.45, 7) is 0.363. The van der Waals surface area contributed by atoms with Gasteiger partial charge in [0.05, 0.1) is 5.92 Å². The molecular weight excluding hydrogens is 292 g/mol. The second-order valence-electron chi connectivity index (χ2n) is 5.47. The van der Waals surface area contributed by atoms with Crippen molar-refractivity contribution >= 4 is 29.2 Å². The van der Waals surface area contributed by atoms with Crippen LogP contribution in [0.15, 0.2) is 18.2 Å². The van der Waals surface area contributed by atoms with Crippen LogP contribution in [0.4, 0.5) is 5.69 Å². The largest absolute Gasteiger partial charge is 0.481 e. The number of benzene rings is 1. The normalized spacial score (nSPS) is 21.8. The second kappa shape index (κ2) is 6.80. The molecule has 0 saturated heterocycles. The van der Waals surface area contributed by atoms with Crippen LogP contribution in [-0.4, -0.2) is 23.5 Å². The Morgan fingerprint density at radius 2 is 2.00 bits per heavy atom. The Hall–Kier alpha value is -1.75. The van der Waals surface area contributed by atoms with Crippen LogP contribution < -0.4 is 11.1 Å². The van der Waals surface area contributed by atoms with E-state index >= 15 is 0 Å². The Balaban J connectivity index is 1.98. The van der Waals surface area contributed by atoms with Crippen molar-refractivity contribution in [2.75, 3.05) is 12.3 Å². The summed E-state index contributed by atoms with van der Waals surface area (Å²) < 4.78 is 0. The first-order chi connectivity index (χ1) is 9.97. The summed E-state index contributed by atoms with van der Waals surface area (Å²) in [6, 6.07) is 4.67. The van der Waals surface area contributed by atoms with Gasteiger partial charge in [-0.3, -0.25) is 9.59 Å². The number of carbonyl (C=O) groups excluding carboxylic acids is 1. The number of nitrogens with two attached hydrogens (primary N) is 1. The number of nitrogens with one attached hydrogen (secondary N) is 1. The minimum absolute atomic E-state index is 0.0169. The monoisotopic (exact) mass is 310 g/mol. The average Bonchev–Trinajstić information content (AvgIpc) is 2.43. The molecule has 6 heteroatoms. The van der Waals surface area contributed by atoms with Crippen LogP contribution >= 0.6 is 11.6 Å². The van der Waals surface area contributed by atoms with E-state index in [2.05, 4.69) is 5.32 Å². The van der Waals surface area contributed by atoms with Crippen molar-refractivity contribution in [3.8, 4) is 0 Å². The zero-order valence-electron chi connectivity index (χ0n) is 11.6. The van der Waals surface area contributed by atoms with E-state index in [0.717, 1.165) is 19.3 Å². The first kappa shape index (κ1) is 15.6. The van der Waals surface area contributed by atoms with Gasteiger partial charge in [-0.2, -0.15) is 0 Å². The standard InChI is InChI=1S/C15H19ClN2O3/c16-11-5-10(6-12(17)7-11)14(19)18-8-9-3-1-2-4-13(9)15(20)21/h5-7,9,13H,1-4,8,17H2,(H,18,19)(H,20,21). The molecule has 114 valence electrons. The minimum Gasteiger partial charge on any atom is -0.481 e. The highest BCUT2D eigenvalue weighted by molar-refractivity contribution is 6.31. The predicted molar refractivity (Wildman–Crippen MR) is 81.3 cm³/mol. The number of hydrogen-bond donors (Lipinski definition) is 3. The van der Waals surface area contributed by atoms with Crippen LogP contribution in [0.1, 0.15) is 36.0 Å². The molecule has 1 saturated carbocycles. The molecule has 0 heterocycles. The summed E-state index contributed by atoms with van der Waals surface area (Å²) >= 11 is 5.87. The maximum Gasteiger partial charge on any atom is 0.306 e. The van der Waals surface area contributed by atoms with E-state index in [1.54, 1.807) is 18.2 Å². The van der Waals surface area contributed by atoms with E-state index in [4.69, 9.17) is 17.3 Å². The fraction of sp³-hybridized carbons (Fsp3) is 0.467. The van der Waals surface area contributed by atoms with Crippen molar-refractivity contribution in [2.24, 2.45) is 11.8 Å². The first-order valence-corrected chi connectivity index (χ1v) is 7.42. The summed E-state index contributed by atoms with van der Waals surface area (Å²) in [6.07, 6.45) is 3.45. The zero-order chi connectivity index (χ0) is 15.4. The fourth-order valence-corrected chi connectivity index (χ4v) is 3.09. The fourth-order valence-electron chi connectivity index (χ4n) is 2.85. The molecule has 1 fully saturated rings. The summed E-state index contributed by atoms with van der Waals surface area (Å²) in [5, 5.41) is 12.4. The van der Waals surface area contributed by atoms with E-state index in [9.17, 15) is 14.7 Å². The Morgan fingerprint density at radius 3 is 2.67 bits per heavy atom. The van der Waals surface area contributed by atoms with Gasteiger partial charge in [0, 0.05) is 22.8 Å². The van der Waals surface area contributed by atoms with E-state index in [1.807, 2.05) is 0 Å². The highest BCUT2D eigenvalue weighted by Gasteiger charge is 2.30. The molecule has 1 amide bonds. The highest BCUT2D eigenvalue weighted by atomic mass is 35.5. The Kier molecular flexibility index (Phi) is 5.07. The van der Waals surface area contributed by atoms with Gasteiger partial charge in [0.25, 0.3) is 5.91 Å². The quantitative estimate of drug-likeness (QED) is 0.745. The van der Waals surface area contributed by atoms with Crippen molar-refractivity contribution in [3.63, 3.8) is 0 Å². The number of amides is 1. The van der Waals surface area contributed by atoms with Gasteiger partial charge < -0.3 is 16.2 Å². The molecule has 0 aromatic heterocycles. The van der Waals surface area contributed by atoms with E-state index in [-0.39, 0.29) is 17.7 Å². The lowest BCUT2D eigenvalue weighted by Gasteiger charge is -2.28. The second-order valence-corrected chi connectivity index (χ2v) is 5.91. The third-order valence-corrected chi connectivity index (χ3v) is 4.15. The summed E-state index contributed by atoms with van der Waals surface area (Å²) in [5.41, 5.74) is 6.47. The lowest BCUT2D eigenvalue weighted by atomic mass is 9.79. The zero-order valence-corrected chi connectivity index (χ0v) is 12.4. The Bertz CT molecular complexity index is 527. The first-order valence-electron chi connectivity index (χ1n) is 7.04. The number of hydrogen-bond acceptors (Lipinski definition) is 3. The molecule has 2 atom stereocenters. The molecule has 2 unspecified atom stereocenters. The van der Waals surface area contributed by atoms with Crippen LogP contribution in [-0.2, 0) is 4.79 Å². The average molecular weight is 311 g/mol. The molecule has 1 aliphatic rings. The SMILES string of the molecule is Nc1cc(Cl)cc(C(=O)NCC2CCCCC2C(=O)O)c1. The summed E-state index contributed by atoms with van der Waals surface area (Å²) in [7, 11) is 0. The molecule has 21 heavy (non-hydrogen) atoms. The van der Waals surface area contributed by atoms with Gasteiger partial charge in [-0.25, -0.2) is 0 Å². The molecule has 1 aromatic rings. The van der Waals surface area contributed by atoms with Crippen LogP contribution in [0.25, 0.3) is 0 Å². The Labute approximate surface area is 128 Å². The molecular formula is C15H19ClN2O3. The number of nitrogen functional groups attached to an aromatic ring is 1. The van der Waals surface area contributed by atoms with Crippen LogP contribution in [0.2, 0.25) is 5.02 Å². The third-order valence-electron chi connectivity index (χ3n) is 3.93. The van der Waals surface area contributed by atoms with Gasteiger partial charge in [-0.1, -0.05) is 24.4 Å². The maximum atomic E-state index is 12.1. The number of rotatable bonds is 4. The molecule has 0 aliphatic heterocycles. The van der Waals surface area contributed by atoms with Crippen LogP contribution in [0, 0.1) is 11.8 Å². The number of aliphatic carboxylic acids is 1. The van der Waals surface area contributed by atoms with Gasteiger partial charge in [0.2, 0.25) is 0 Å². The maximum absolute atomic E-state index is 12.1. The number of carbonyl (C=O) groups is 2. The summed E-state index contributed by atoms with van der Waals surface area (Å²) in [4.78, 5) is 23.3.